The van der Waals surface area contributed by atoms with Crippen molar-refractivity contribution in [1.82, 2.24) is 9.62 Å². The molecule has 1 atom stereocenters. The van der Waals surface area contributed by atoms with Crippen molar-refractivity contribution in [2.45, 2.75) is 38.6 Å². The zero-order valence-corrected chi connectivity index (χ0v) is 12.3. The summed E-state index contributed by atoms with van der Waals surface area (Å²) < 4.78 is 30.8. The van der Waals surface area contributed by atoms with Crippen molar-refractivity contribution < 1.29 is 13.2 Å². The Labute approximate surface area is 111 Å². The van der Waals surface area contributed by atoms with Crippen LogP contribution in [-0.4, -0.2) is 57.9 Å². The van der Waals surface area contributed by atoms with Gasteiger partial charge in [-0.05, 0) is 25.8 Å². The number of likely N-dealkylation sites (N-methyl/N-ethyl adjacent to an activating group) is 1. The van der Waals surface area contributed by atoms with Gasteiger partial charge in [0.1, 0.15) is 0 Å². The smallest absolute Gasteiger partial charge is 0.214 e. The molecule has 0 amide bonds. The van der Waals surface area contributed by atoms with Gasteiger partial charge >= 0.3 is 0 Å². The molecule has 18 heavy (non-hydrogen) atoms. The standard InChI is InChI=1S/C12H26N2O3S/c1-3-14(11-12-7-4-5-8-13-12)18(15,16)10-6-9-17-2/h12-13H,3-11H2,1-2H3. The molecule has 1 aliphatic rings. The number of sulfonamides is 1. The second-order valence-corrected chi connectivity index (χ2v) is 6.85. The number of nitrogens with zero attached hydrogens (tertiary/aromatic N) is 1. The van der Waals surface area contributed by atoms with Crippen LogP contribution in [0.3, 0.4) is 0 Å². The highest BCUT2D eigenvalue weighted by atomic mass is 32.2. The lowest BCUT2D eigenvalue weighted by Gasteiger charge is -2.29. The van der Waals surface area contributed by atoms with Gasteiger partial charge in [-0.1, -0.05) is 13.3 Å². The number of ether oxygens (including phenoxy) is 1. The van der Waals surface area contributed by atoms with Crippen LogP contribution in [0.2, 0.25) is 0 Å². The molecule has 1 aliphatic heterocycles. The molecule has 0 aromatic heterocycles. The molecule has 1 saturated heterocycles. The highest BCUT2D eigenvalue weighted by Crippen LogP contribution is 2.11. The van der Waals surface area contributed by atoms with E-state index in [0.29, 0.717) is 32.2 Å². The highest BCUT2D eigenvalue weighted by Gasteiger charge is 2.24. The van der Waals surface area contributed by atoms with Crippen molar-refractivity contribution in [1.29, 1.82) is 0 Å². The minimum absolute atomic E-state index is 0.182. The van der Waals surface area contributed by atoms with Gasteiger partial charge in [-0.25, -0.2) is 12.7 Å². The second kappa shape index (κ2) is 8.09. The molecule has 0 radical (unpaired) electrons. The lowest BCUT2D eigenvalue weighted by Crippen LogP contribution is -2.46. The highest BCUT2D eigenvalue weighted by molar-refractivity contribution is 7.89. The van der Waals surface area contributed by atoms with Gasteiger partial charge < -0.3 is 10.1 Å². The molecular formula is C12H26N2O3S. The predicted molar refractivity (Wildman–Crippen MR) is 73.2 cm³/mol. The summed E-state index contributed by atoms with van der Waals surface area (Å²) in [4.78, 5) is 0. The van der Waals surface area contributed by atoms with Crippen LogP contribution in [-0.2, 0) is 14.8 Å². The van der Waals surface area contributed by atoms with Gasteiger partial charge in [0.25, 0.3) is 0 Å². The second-order valence-electron chi connectivity index (χ2n) is 4.76. The number of piperidine rings is 1. The van der Waals surface area contributed by atoms with Crippen molar-refractivity contribution in [2.75, 3.05) is 39.1 Å². The van der Waals surface area contributed by atoms with E-state index in [1.54, 1.807) is 11.4 Å². The average molecular weight is 278 g/mol. The molecule has 0 aromatic carbocycles. The van der Waals surface area contributed by atoms with Crippen LogP contribution in [0.25, 0.3) is 0 Å². The number of hydrogen-bond acceptors (Lipinski definition) is 4. The summed E-state index contributed by atoms with van der Waals surface area (Å²) >= 11 is 0. The van der Waals surface area contributed by atoms with E-state index in [1.807, 2.05) is 6.92 Å². The van der Waals surface area contributed by atoms with Gasteiger partial charge in [0, 0.05) is 32.8 Å². The largest absolute Gasteiger partial charge is 0.385 e. The molecule has 1 unspecified atom stereocenters. The summed E-state index contributed by atoms with van der Waals surface area (Å²) in [5, 5.41) is 3.39. The SMILES string of the molecule is CCN(CC1CCCCN1)S(=O)(=O)CCCOC. The van der Waals surface area contributed by atoms with E-state index in [2.05, 4.69) is 5.32 Å². The number of nitrogens with one attached hydrogen (secondary N) is 1. The Balaban J connectivity index is 2.47. The maximum absolute atomic E-state index is 12.2. The minimum atomic E-state index is -3.13. The molecule has 5 nitrogen and oxygen atoms in total. The third kappa shape index (κ3) is 5.22. The number of methoxy groups -OCH3 is 1. The molecule has 6 heteroatoms. The molecule has 1 rings (SSSR count). The number of rotatable bonds is 8. The quantitative estimate of drug-likeness (QED) is 0.668. The Bertz CT molecular complexity index is 313. The van der Waals surface area contributed by atoms with Gasteiger partial charge in [0.15, 0.2) is 0 Å². The average Bonchev–Trinajstić information content (AvgIpc) is 2.37. The van der Waals surface area contributed by atoms with Crippen LogP contribution < -0.4 is 5.32 Å². The Morgan fingerprint density at radius 1 is 1.39 bits per heavy atom. The zero-order chi connectivity index (χ0) is 13.4. The first-order valence-electron chi connectivity index (χ1n) is 6.80. The molecule has 1 N–H and O–H groups in total. The molecule has 0 saturated carbocycles. The van der Waals surface area contributed by atoms with E-state index in [-0.39, 0.29) is 5.75 Å². The maximum atomic E-state index is 12.2. The fourth-order valence-electron chi connectivity index (χ4n) is 2.28. The molecule has 1 heterocycles. The Morgan fingerprint density at radius 2 is 2.17 bits per heavy atom. The lowest BCUT2D eigenvalue weighted by atomic mass is 10.1. The van der Waals surface area contributed by atoms with E-state index in [4.69, 9.17) is 4.74 Å². The Kier molecular flexibility index (Phi) is 7.14. The minimum Gasteiger partial charge on any atom is -0.385 e. The van der Waals surface area contributed by atoms with Crippen LogP contribution in [0.5, 0.6) is 0 Å². The summed E-state index contributed by atoms with van der Waals surface area (Å²) in [6.07, 6.45) is 4.03. The summed E-state index contributed by atoms with van der Waals surface area (Å²) in [6, 6.07) is 0.316. The van der Waals surface area contributed by atoms with Crippen molar-refractivity contribution in [3.8, 4) is 0 Å². The van der Waals surface area contributed by atoms with Crippen molar-refractivity contribution in [3.63, 3.8) is 0 Å². The summed E-state index contributed by atoms with van der Waals surface area (Å²) in [6.45, 7) is 4.56. The van der Waals surface area contributed by atoms with Gasteiger partial charge in [0.05, 0.1) is 5.75 Å². The number of hydrogen-bond donors (Lipinski definition) is 1. The first kappa shape index (κ1) is 15.9. The maximum Gasteiger partial charge on any atom is 0.214 e. The zero-order valence-electron chi connectivity index (χ0n) is 11.5. The van der Waals surface area contributed by atoms with Gasteiger partial charge in [-0.3, -0.25) is 0 Å². The van der Waals surface area contributed by atoms with E-state index >= 15 is 0 Å². The lowest BCUT2D eigenvalue weighted by molar-refractivity contribution is 0.199. The molecule has 0 spiro atoms. The van der Waals surface area contributed by atoms with Crippen LogP contribution in [0, 0.1) is 0 Å². The van der Waals surface area contributed by atoms with Gasteiger partial charge in [0.2, 0.25) is 10.0 Å². The van der Waals surface area contributed by atoms with Crippen molar-refractivity contribution in [2.24, 2.45) is 0 Å². The molecule has 1 fully saturated rings. The van der Waals surface area contributed by atoms with Gasteiger partial charge in [-0.2, -0.15) is 0 Å². The topological polar surface area (TPSA) is 58.6 Å². The summed E-state index contributed by atoms with van der Waals surface area (Å²) in [5.74, 6) is 0.182. The predicted octanol–water partition coefficient (Wildman–Crippen LogP) is 0.817. The first-order valence-corrected chi connectivity index (χ1v) is 8.41. The van der Waals surface area contributed by atoms with Crippen molar-refractivity contribution in [3.05, 3.63) is 0 Å². The Morgan fingerprint density at radius 3 is 2.72 bits per heavy atom. The van der Waals surface area contributed by atoms with E-state index in [0.717, 1.165) is 13.0 Å². The molecule has 0 aromatic rings. The monoisotopic (exact) mass is 278 g/mol. The van der Waals surface area contributed by atoms with E-state index in [9.17, 15) is 8.42 Å². The summed E-state index contributed by atoms with van der Waals surface area (Å²) in [7, 11) is -1.54. The summed E-state index contributed by atoms with van der Waals surface area (Å²) in [5.41, 5.74) is 0. The van der Waals surface area contributed by atoms with Crippen LogP contribution in [0.4, 0.5) is 0 Å². The molecular weight excluding hydrogens is 252 g/mol. The molecule has 0 bridgehead atoms. The van der Waals surface area contributed by atoms with E-state index in [1.165, 1.54) is 12.8 Å². The molecule has 108 valence electrons. The third-order valence-electron chi connectivity index (χ3n) is 3.33. The van der Waals surface area contributed by atoms with Crippen LogP contribution in [0.15, 0.2) is 0 Å². The third-order valence-corrected chi connectivity index (χ3v) is 5.33. The van der Waals surface area contributed by atoms with Crippen LogP contribution in [0.1, 0.15) is 32.6 Å². The molecule has 0 aliphatic carbocycles. The normalized spacial score (nSPS) is 21.4. The van der Waals surface area contributed by atoms with Gasteiger partial charge in [-0.15, -0.1) is 0 Å². The fourth-order valence-corrected chi connectivity index (χ4v) is 3.82. The Hall–Kier alpha value is -0.170. The first-order chi connectivity index (χ1) is 8.60. The van der Waals surface area contributed by atoms with Crippen LogP contribution >= 0.6 is 0 Å². The van der Waals surface area contributed by atoms with E-state index < -0.39 is 10.0 Å². The van der Waals surface area contributed by atoms with Crippen molar-refractivity contribution >= 4 is 10.0 Å². The fraction of sp³-hybridized carbons (Fsp3) is 1.00.